The van der Waals surface area contributed by atoms with Gasteiger partial charge in [-0.1, -0.05) is 0 Å². The Morgan fingerprint density at radius 1 is 1.26 bits per heavy atom. The summed E-state index contributed by atoms with van der Waals surface area (Å²) in [6, 6.07) is 4.08. The second-order valence-corrected chi connectivity index (χ2v) is 7.16. The molecule has 7 heteroatoms. The van der Waals surface area contributed by atoms with E-state index in [-0.39, 0.29) is 0 Å². The van der Waals surface area contributed by atoms with Crippen molar-refractivity contribution in [3.63, 3.8) is 0 Å². The van der Waals surface area contributed by atoms with E-state index >= 15 is 0 Å². The number of hydrogen-bond donors (Lipinski definition) is 0. The average Bonchev–Trinajstić information content (AvgIpc) is 3.31. The van der Waals surface area contributed by atoms with Gasteiger partial charge in [-0.2, -0.15) is 4.37 Å². The molecule has 1 aliphatic rings. The maximum atomic E-state index is 5.43. The predicted octanol–water partition coefficient (Wildman–Crippen LogP) is 3.79. The summed E-state index contributed by atoms with van der Waals surface area (Å²) in [6.07, 6.45) is 4.53. The van der Waals surface area contributed by atoms with Gasteiger partial charge in [0.15, 0.2) is 11.5 Å². The van der Waals surface area contributed by atoms with Crippen LogP contribution < -0.4 is 14.4 Å². The highest BCUT2D eigenvalue weighted by molar-refractivity contribution is 7.98. The van der Waals surface area contributed by atoms with E-state index < -0.39 is 0 Å². The fourth-order valence-electron chi connectivity index (χ4n) is 2.43. The molecule has 1 fully saturated rings. The zero-order valence-corrected chi connectivity index (χ0v) is 15.5. The molecule has 0 amide bonds. The third-order valence-corrected chi connectivity index (χ3v) is 5.56. The van der Waals surface area contributed by atoms with Crippen molar-refractivity contribution in [1.29, 1.82) is 0 Å². The number of ether oxygens (including phenoxy) is 2. The first-order valence-electron chi connectivity index (χ1n) is 7.50. The number of nitrogens with zero attached hydrogens (tertiary/aromatic N) is 3. The normalized spacial score (nSPS) is 13.9. The van der Waals surface area contributed by atoms with E-state index in [0.29, 0.717) is 5.92 Å². The third kappa shape index (κ3) is 3.55. The standard InChI is InChI=1S/C16H21N3O2S2/c1-19(16-17-15(18-23-16)10-5-6-10)9-11-7-12(20-2)13(21-3)8-14(11)22-4/h7-8,10H,5-6,9H2,1-4H3. The monoisotopic (exact) mass is 351 g/mol. The zero-order valence-electron chi connectivity index (χ0n) is 13.8. The molecule has 1 heterocycles. The lowest BCUT2D eigenvalue weighted by atomic mass is 10.2. The number of aromatic nitrogens is 2. The Bertz CT molecular complexity index is 686. The molecule has 124 valence electrons. The van der Waals surface area contributed by atoms with Crippen molar-refractivity contribution in [3.05, 3.63) is 23.5 Å². The summed E-state index contributed by atoms with van der Waals surface area (Å²) in [5.74, 6) is 3.12. The van der Waals surface area contributed by atoms with Crippen molar-refractivity contribution < 1.29 is 9.47 Å². The Hall–Kier alpha value is -1.47. The van der Waals surface area contributed by atoms with E-state index in [0.717, 1.165) is 29.0 Å². The first kappa shape index (κ1) is 16.4. The summed E-state index contributed by atoms with van der Waals surface area (Å²) in [6.45, 7) is 0.760. The summed E-state index contributed by atoms with van der Waals surface area (Å²) in [7, 11) is 5.38. The van der Waals surface area contributed by atoms with Crippen molar-refractivity contribution in [1.82, 2.24) is 9.36 Å². The number of benzene rings is 1. The van der Waals surface area contributed by atoms with E-state index in [1.807, 2.05) is 12.1 Å². The van der Waals surface area contributed by atoms with E-state index in [1.165, 1.54) is 34.8 Å². The second kappa shape index (κ2) is 6.97. The topological polar surface area (TPSA) is 47.5 Å². The van der Waals surface area contributed by atoms with Crippen LogP contribution in [0, 0.1) is 0 Å². The van der Waals surface area contributed by atoms with E-state index in [4.69, 9.17) is 9.47 Å². The van der Waals surface area contributed by atoms with Gasteiger partial charge in [-0.15, -0.1) is 11.8 Å². The molecule has 3 rings (SSSR count). The van der Waals surface area contributed by atoms with Gasteiger partial charge in [0.05, 0.1) is 14.2 Å². The van der Waals surface area contributed by atoms with Crippen LogP contribution in [0.15, 0.2) is 17.0 Å². The maximum Gasteiger partial charge on any atom is 0.205 e. The fourth-order valence-corrected chi connectivity index (χ4v) is 3.74. The fraction of sp³-hybridized carbons (Fsp3) is 0.500. The third-order valence-electron chi connectivity index (χ3n) is 3.89. The molecule has 1 saturated carbocycles. The molecule has 0 atom stereocenters. The molecule has 0 unspecified atom stereocenters. The minimum Gasteiger partial charge on any atom is -0.493 e. The molecule has 0 saturated heterocycles. The molecule has 0 spiro atoms. The van der Waals surface area contributed by atoms with Gasteiger partial charge >= 0.3 is 0 Å². The van der Waals surface area contributed by atoms with Crippen molar-refractivity contribution >= 4 is 28.4 Å². The van der Waals surface area contributed by atoms with Crippen LogP contribution in [0.5, 0.6) is 11.5 Å². The first-order valence-corrected chi connectivity index (χ1v) is 9.49. The Balaban J connectivity index is 1.82. The molecule has 1 aromatic heterocycles. The molecular formula is C16H21N3O2S2. The minimum absolute atomic E-state index is 0.594. The summed E-state index contributed by atoms with van der Waals surface area (Å²) in [5.41, 5.74) is 1.20. The van der Waals surface area contributed by atoms with Crippen LogP contribution in [0.2, 0.25) is 0 Å². The highest BCUT2D eigenvalue weighted by Crippen LogP contribution is 2.40. The van der Waals surface area contributed by atoms with Gasteiger partial charge in [0.25, 0.3) is 0 Å². The lowest BCUT2D eigenvalue weighted by molar-refractivity contribution is 0.353. The smallest absolute Gasteiger partial charge is 0.205 e. The zero-order chi connectivity index (χ0) is 16.4. The van der Waals surface area contributed by atoms with Crippen molar-refractivity contribution in [2.45, 2.75) is 30.2 Å². The summed E-state index contributed by atoms with van der Waals surface area (Å²) < 4.78 is 15.3. The molecular weight excluding hydrogens is 330 g/mol. The summed E-state index contributed by atoms with van der Waals surface area (Å²) in [5, 5.41) is 0.966. The molecule has 0 radical (unpaired) electrons. The highest BCUT2D eigenvalue weighted by atomic mass is 32.2. The van der Waals surface area contributed by atoms with E-state index in [2.05, 4.69) is 27.6 Å². The molecule has 2 aromatic rings. The van der Waals surface area contributed by atoms with Gasteiger partial charge in [0.2, 0.25) is 5.13 Å². The van der Waals surface area contributed by atoms with Gasteiger partial charge in [0, 0.05) is 35.9 Å². The van der Waals surface area contributed by atoms with Crippen LogP contribution in [-0.4, -0.2) is 36.9 Å². The molecule has 0 bridgehead atoms. The van der Waals surface area contributed by atoms with Crippen LogP contribution in [-0.2, 0) is 6.54 Å². The minimum atomic E-state index is 0.594. The Morgan fingerprint density at radius 2 is 1.96 bits per heavy atom. The molecule has 23 heavy (non-hydrogen) atoms. The Labute approximate surface area is 145 Å². The molecule has 1 aliphatic carbocycles. The predicted molar refractivity (Wildman–Crippen MR) is 95.3 cm³/mol. The largest absolute Gasteiger partial charge is 0.493 e. The Morgan fingerprint density at radius 3 is 2.57 bits per heavy atom. The number of anilines is 1. The number of methoxy groups -OCH3 is 2. The van der Waals surface area contributed by atoms with Gasteiger partial charge in [-0.3, -0.25) is 0 Å². The molecule has 1 aromatic carbocycles. The first-order chi connectivity index (χ1) is 11.2. The van der Waals surface area contributed by atoms with E-state index in [9.17, 15) is 0 Å². The lowest BCUT2D eigenvalue weighted by Gasteiger charge is -2.19. The van der Waals surface area contributed by atoms with Gasteiger partial charge < -0.3 is 14.4 Å². The second-order valence-electron chi connectivity index (χ2n) is 5.58. The highest BCUT2D eigenvalue weighted by Gasteiger charge is 2.28. The van der Waals surface area contributed by atoms with Gasteiger partial charge in [-0.05, 0) is 36.8 Å². The molecule has 5 nitrogen and oxygen atoms in total. The van der Waals surface area contributed by atoms with Crippen molar-refractivity contribution in [2.24, 2.45) is 0 Å². The quantitative estimate of drug-likeness (QED) is 0.707. The molecule has 0 aliphatic heterocycles. The van der Waals surface area contributed by atoms with Crippen LogP contribution >= 0.6 is 23.3 Å². The van der Waals surface area contributed by atoms with Crippen LogP contribution in [0.4, 0.5) is 5.13 Å². The maximum absolute atomic E-state index is 5.43. The SMILES string of the molecule is COc1cc(CN(C)c2nc(C3CC3)ns2)c(SC)cc1OC. The Kier molecular flexibility index (Phi) is 4.96. The van der Waals surface area contributed by atoms with Gasteiger partial charge in [-0.25, -0.2) is 4.98 Å². The van der Waals surface area contributed by atoms with Crippen LogP contribution in [0.25, 0.3) is 0 Å². The van der Waals surface area contributed by atoms with Crippen LogP contribution in [0.1, 0.15) is 30.1 Å². The number of rotatable bonds is 7. The van der Waals surface area contributed by atoms with Crippen molar-refractivity contribution in [2.75, 3.05) is 32.4 Å². The van der Waals surface area contributed by atoms with Crippen LogP contribution in [0.3, 0.4) is 0 Å². The lowest BCUT2D eigenvalue weighted by Crippen LogP contribution is -2.17. The van der Waals surface area contributed by atoms with Crippen molar-refractivity contribution in [3.8, 4) is 11.5 Å². The summed E-state index contributed by atoms with van der Waals surface area (Å²) in [4.78, 5) is 8.00. The number of hydrogen-bond acceptors (Lipinski definition) is 7. The summed E-state index contributed by atoms with van der Waals surface area (Å²) >= 11 is 3.18. The average molecular weight is 351 g/mol. The van der Waals surface area contributed by atoms with E-state index in [1.54, 1.807) is 26.0 Å². The van der Waals surface area contributed by atoms with Gasteiger partial charge in [0.1, 0.15) is 5.82 Å². The number of thioether (sulfide) groups is 1. The molecule has 0 N–H and O–H groups in total.